The van der Waals surface area contributed by atoms with E-state index in [4.69, 9.17) is 11.6 Å². The third kappa shape index (κ3) is 2.84. The van der Waals surface area contributed by atoms with Gasteiger partial charge in [-0.15, -0.1) is 0 Å². The second-order valence-electron chi connectivity index (χ2n) is 3.42. The molecule has 1 heterocycles. The highest BCUT2D eigenvalue weighted by molar-refractivity contribution is 6.32. The molecule has 4 nitrogen and oxygen atoms in total. The van der Waals surface area contributed by atoms with Crippen LogP contribution < -0.4 is 10.6 Å². The van der Waals surface area contributed by atoms with Gasteiger partial charge in [0, 0.05) is 18.8 Å². The number of anilines is 3. The SMILES string of the molecule is CNc1ncc(Cl)c(Nc2cc(F)cc(F)c2)n1. The Hall–Kier alpha value is -1.95. The maximum absolute atomic E-state index is 13.0. The Labute approximate surface area is 107 Å². The van der Waals surface area contributed by atoms with E-state index in [0.29, 0.717) is 5.95 Å². The minimum atomic E-state index is -0.684. The summed E-state index contributed by atoms with van der Waals surface area (Å²) in [6, 6.07) is 3.06. The lowest BCUT2D eigenvalue weighted by Gasteiger charge is -2.08. The number of nitrogens with zero attached hydrogens (tertiary/aromatic N) is 2. The van der Waals surface area contributed by atoms with E-state index in [0.717, 1.165) is 18.2 Å². The van der Waals surface area contributed by atoms with Gasteiger partial charge in [0.25, 0.3) is 0 Å². The quantitative estimate of drug-likeness (QED) is 0.899. The summed E-state index contributed by atoms with van der Waals surface area (Å²) in [5.41, 5.74) is 0.218. The van der Waals surface area contributed by atoms with Gasteiger partial charge >= 0.3 is 0 Å². The zero-order chi connectivity index (χ0) is 13.1. The van der Waals surface area contributed by atoms with Crippen molar-refractivity contribution in [2.75, 3.05) is 17.7 Å². The van der Waals surface area contributed by atoms with Gasteiger partial charge in [0.05, 0.1) is 6.20 Å². The molecule has 0 amide bonds. The number of hydrogen-bond donors (Lipinski definition) is 2. The minimum Gasteiger partial charge on any atom is -0.357 e. The molecule has 0 fully saturated rings. The van der Waals surface area contributed by atoms with Gasteiger partial charge in [0.2, 0.25) is 5.95 Å². The predicted octanol–water partition coefficient (Wildman–Crippen LogP) is 3.19. The Morgan fingerprint density at radius 1 is 1.17 bits per heavy atom. The van der Waals surface area contributed by atoms with Crippen molar-refractivity contribution in [2.24, 2.45) is 0 Å². The van der Waals surface area contributed by atoms with Crippen molar-refractivity contribution >= 4 is 29.1 Å². The molecule has 0 atom stereocenters. The average molecular weight is 271 g/mol. The summed E-state index contributed by atoms with van der Waals surface area (Å²) in [4.78, 5) is 7.93. The van der Waals surface area contributed by atoms with Crippen molar-refractivity contribution in [1.29, 1.82) is 0 Å². The first-order chi connectivity index (χ1) is 8.58. The van der Waals surface area contributed by atoms with Crippen LogP contribution in [0.2, 0.25) is 5.02 Å². The van der Waals surface area contributed by atoms with Crippen LogP contribution >= 0.6 is 11.6 Å². The van der Waals surface area contributed by atoms with Gasteiger partial charge in [0.15, 0.2) is 5.82 Å². The largest absolute Gasteiger partial charge is 0.357 e. The second kappa shape index (κ2) is 5.14. The maximum Gasteiger partial charge on any atom is 0.224 e. The van der Waals surface area contributed by atoms with Gasteiger partial charge in [0.1, 0.15) is 16.7 Å². The van der Waals surface area contributed by atoms with Gasteiger partial charge in [-0.2, -0.15) is 4.98 Å². The van der Waals surface area contributed by atoms with Crippen LogP contribution in [-0.4, -0.2) is 17.0 Å². The fourth-order valence-electron chi connectivity index (χ4n) is 1.34. The minimum absolute atomic E-state index is 0.218. The number of nitrogens with one attached hydrogen (secondary N) is 2. The van der Waals surface area contributed by atoms with Crippen molar-refractivity contribution in [3.63, 3.8) is 0 Å². The lowest BCUT2D eigenvalue weighted by atomic mass is 10.3. The van der Waals surface area contributed by atoms with Gasteiger partial charge in [-0.1, -0.05) is 11.6 Å². The van der Waals surface area contributed by atoms with Crippen molar-refractivity contribution < 1.29 is 8.78 Å². The maximum atomic E-state index is 13.0. The molecule has 7 heteroatoms. The van der Waals surface area contributed by atoms with E-state index in [2.05, 4.69) is 20.6 Å². The van der Waals surface area contributed by atoms with E-state index in [9.17, 15) is 8.78 Å². The lowest BCUT2D eigenvalue weighted by Crippen LogP contribution is -2.01. The molecule has 0 aliphatic carbocycles. The Balaban J connectivity index is 2.33. The number of halogens is 3. The van der Waals surface area contributed by atoms with E-state index in [1.807, 2.05) is 0 Å². The summed E-state index contributed by atoms with van der Waals surface area (Å²) in [7, 11) is 1.65. The Morgan fingerprint density at radius 2 is 1.83 bits per heavy atom. The van der Waals surface area contributed by atoms with Gasteiger partial charge < -0.3 is 10.6 Å². The molecule has 94 valence electrons. The molecular formula is C11H9ClF2N4. The first-order valence-electron chi connectivity index (χ1n) is 5.02. The normalized spacial score (nSPS) is 10.2. The molecular weight excluding hydrogens is 262 g/mol. The molecule has 0 radical (unpaired) electrons. The van der Waals surface area contributed by atoms with Gasteiger partial charge in [-0.25, -0.2) is 13.8 Å². The molecule has 0 aliphatic rings. The molecule has 2 rings (SSSR count). The standard InChI is InChI=1S/C11H9ClF2N4/c1-15-11-16-5-9(12)10(18-11)17-8-3-6(13)2-7(14)4-8/h2-5H,1H3,(H2,15,16,17,18). The number of benzene rings is 1. The molecule has 0 spiro atoms. The van der Waals surface area contributed by atoms with E-state index in [1.165, 1.54) is 6.20 Å². The molecule has 1 aromatic heterocycles. The predicted molar refractivity (Wildman–Crippen MR) is 66.2 cm³/mol. The summed E-state index contributed by atoms with van der Waals surface area (Å²) in [5.74, 6) is -0.757. The molecule has 0 saturated carbocycles. The number of aromatic nitrogens is 2. The van der Waals surface area contributed by atoms with Crippen molar-refractivity contribution in [1.82, 2.24) is 9.97 Å². The monoisotopic (exact) mass is 270 g/mol. The Kier molecular flexibility index (Phi) is 3.57. The number of hydrogen-bond acceptors (Lipinski definition) is 4. The molecule has 0 saturated heterocycles. The summed E-state index contributed by atoms with van der Waals surface area (Å²) >= 11 is 5.88. The highest BCUT2D eigenvalue weighted by atomic mass is 35.5. The first kappa shape index (κ1) is 12.5. The van der Waals surface area contributed by atoms with E-state index in [-0.39, 0.29) is 16.5 Å². The number of rotatable bonds is 3. The van der Waals surface area contributed by atoms with E-state index >= 15 is 0 Å². The molecule has 0 aliphatic heterocycles. The molecule has 2 aromatic rings. The molecule has 1 aromatic carbocycles. The van der Waals surface area contributed by atoms with Gasteiger partial charge in [-0.3, -0.25) is 0 Å². The first-order valence-corrected chi connectivity index (χ1v) is 5.39. The van der Waals surface area contributed by atoms with E-state index < -0.39 is 11.6 Å². The third-order valence-corrected chi connectivity index (χ3v) is 2.37. The van der Waals surface area contributed by atoms with Crippen LogP contribution in [0.3, 0.4) is 0 Å². The average Bonchev–Trinajstić information content (AvgIpc) is 2.30. The molecule has 0 bridgehead atoms. The Bertz CT molecular complexity index is 557. The highest BCUT2D eigenvalue weighted by Gasteiger charge is 2.07. The van der Waals surface area contributed by atoms with E-state index in [1.54, 1.807) is 7.05 Å². The zero-order valence-electron chi connectivity index (χ0n) is 9.34. The van der Waals surface area contributed by atoms with Crippen LogP contribution in [0.5, 0.6) is 0 Å². The van der Waals surface area contributed by atoms with Crippen LogP contribution in [0.4, 0.5) is 26.2 Å². The van der Waals surface area contributed by atoms with Crippen molar-refractivity contribution in [3.05, 3.63) is 41.1 Å². The van der Waals surface area contributed by atoms with Crippen LogP contribution in [0, 0.1) is 11.6 Å². The topological polar surface area (TPSA) is 49.8 Å². The highest BCUT2D eigenvalue weighted by Crippen LogP contribution is 2.24. The zero-order valence-corrected chi connectivity index (χ0v) is 10.1. The lowest BCUT2D eigenvalue weighted by molar-refractivity contribution is 0.584. The van der Waals surface area contributed by atoms with Crippen molar-refractivity contribution in [2.45, 2.75) is 0 Å². The second-order valence-corrected chi connectivity index (χ2v) is 3.83. The molecule has 2 N–H and O–H groups in total. The van der Waals surface area contributed by atoms with Gasteiger partial charge in [-0.05, 0) is 12.1 Å². The van der Waals surface area contributed by atoms with Crippen LogP contribution in [-0.2, 0) is 0 Å². The van der Waals surface area contributed by atoms with Crippen LogP contribution in [0.1, 0.15) is 0 Å². The van der Waals surface area contributed by atoms with Crippen LogP contribution in [0.25, 0.3) is 0 Å². The summed E-state index contributed by atoms with van der Waals surface area (Å²) in [5, 5.41) is 5.71. The van der Waals surface area contributed by atoms with Crippen LogP contribution in [0.15, 0.2) is 24.4 Å². The summed E-state index contributed by atoms with van der Waals surface area (Å²) < 4.78 is 26.0. The fourth-order valence-corrected chi connectivity index (χ4v) is 1.48. The van der Waals surface area contributed by atoms with Crippen molar-refractivity contribution in [3.8, 4) is 0 Å². The fraction of sp³-hybridized carbons (Fsp3) is 0.0909. The smallest absolute Gasteiger partial charge is 0.224 e. The Morgan fingerprint density at radius 3 is 2.44 bits per heavy atom. The third-order valence-electron chi connectivity index (χ3n) is 2.09. The molecule has 18 heavy (non-hydrogen) atoms. The molecule has 0 unspecified atom stereocenters. The summed E-state index contributed by atoms with van der Waals surface area (Å²) in [6.07, 6.45) is 1.39. The summed E-state index contributed by atoms with van der Waals surface area (Å²) in [6.45, 7) is 0.